The summed E-state index contributed by atoms with van der Waals surface area (Å²) in [6.07, 6.45) is 2.23. The van der Waals surface area contributed by atoms with Gasteiger partial charge in [-0.1, -0.05) is 11.6 Å². The monoisotopic (exact) mass is 351 g/mol. The predicted molar refractivity (Wildman–Crippen MR) is 90.0 cm³/mol. The van der Waals surface area contributed by atoms with Gasteiger partial charge < -0.3 is 14.4 Å². The highest BCUT2D eigenvalue weighted by atomic mass is 35.5. The van der Waals surface area contributed by atoms with Gasteiger partial charge in [-0.05, 0) is 37.1 Å². The molecule has 1 aromatic carbocycles. The summed E-state index contributed by atoms with van der Waals surface area (Å²) in [5, 5.41) is 0.596. The minimum absolute atomic E-state index is 0.0278. The van der Waals surface area contributed by atoms with Crippen LogP contribution in [0, 0.1) is 5.92 Å². The molecule has 0 aromatic heterocycles. The van der Waals surface area contributed by atoms with Crippen LogP contribution >= 0.6 is 11.6 Å². The zero-order chi connectivity index (χ0) is 16.9. The summed E-state index contributed by atoms with van der Waals surface area (Å²) in [4.78, 5) is 26.4. The zero-order valence-electron chi connectivity index (χ0n) is 13.6. The summed E-state index contributed by atoms with van der Waals surface area (Å²) >= 11 is 5.82. The molecule has 1 amide bonds. The number of Topliss-reactive ketones (excluding diaryl/α,β-unsaturated/α-hetero) is 1. The van der Waals surface area contributed by atoms with Crippen LogP contribution in [0.3, 0.4) is 0 Å². The number of amides is 1. The maximum atomic E-state index is 12.4. The molecule has 0 radical (unpaired) electrons. The van der Waals surface area contributed by atoms with Crippen LogP contribution < -0.4 is 0 Å². The number of carbonyl (C=O) groups excluding carboxylic acids is 2. The Kier molecular flexibility index (Phi) is 5.87. The molecule has 5 nitrogen and oxygen atoms in total. The van der Waals surface area contributed by atoms with E-state index in [0.29, 0.717) is 30.3 Å². The molecule has 2 saturated heterocycles. The highest BCUT2D eigenvalue weighted by Crippen LogP contribution is 2.25. The number of hydrogen-bond acceptors (Lipinski definition) is 4. The van der Waals surface area contributed by atoms with Crippen LogP contribution in [-0.2, 0) is 14.3 Å². The lowest BCUT2D eigenvalue weighted by Crippen LogP contribution is -2.43. The van der Waals surface area contributed by atoms with Crippen molar-refractivity contribution in [2.24, 2.45) is 5.92 Å². The average Bonchev–Trinajstić information content (AvgIpc) is 3.15. The van der Waals surface area contributed by atoms with E-state index in [1.807, 2.05) is 4.90 Å². The van der Waals surface area contributed by atoms with E-state index in [4.69, 9.17) is 21.1 Å². The molecule has 0 N–H and O–H groups in total. The minimum Gasteiger partial charge on any atom is -0.350 e. The first-order valence-corrected chi connectivity index (χ1v) is 8.81. The van der Waals surface area contributed by atoms with E-state index in [-0.39, 0.29) is 36.7 Å². The molecule has 2 aliphatic rings. The number of piperidine rings is 1. The van der Waals surface area contributed by atoms with E-state index in [0.717, 1.165) is 19.4 Å². The molecule has 24 heavy (non-hydrogen) atoms. The number of rotatable bonds is 5. The van der Waals surface area contributed by atoms with Crippen molar-refractivity contribution in [1.29, 1.82) is 0 Å². The molecule has 2 fully saturated rings. The van der Waals surface area contributed by atoms with E-state index < -0.39 is 0 Å². The lowest BCUT2D eigenvalue weighted by atomic mass is 9.96. The molecule has 3 rings (SSSR count). The van der Waals surface area contributed by atoms with Gasteiger partial charge >= 0.3 is 0 Å². The summed E-state index contributed by atoms with van der Waals surface area (Å²) in [6.45, 7) is 2.66. The molecule has 130 valence electrons. The van der Waals surface area contributed by atoms with Crippen molar-refractivity contribution in [3.8, 4) is 0 Å². The van der Waals surface area contributed by atoms with Gasteiger partial charge in [-0.15, -0.1) is 0 Å². The molecule has 2 aliphatic heterocycles. The maximum absolute atomic E-state index is 12.4. The molecule has 6 heteroatoms. The van der Waals surface area contributed by atoms with Crippen LogP contribution in [0.15, 0.2) is 24.3 Å². The van der Waals surface area contributed by atoms with Gasteiger partial charge in [-0.3, -0.25) is 9.59 Å². The standard InChI is InChI=1S/C18H22ClNO4/c19-15-5-3-13(4-6-15)16(21)7-8-17(22)20-9-1-2-14(12-20)18-23-10-11-24-18/h3-6,14,18H,1-2,7-12H2. The molecule has 0 spiro atoms. The quantitative estimate of drug-likeness (QED) is 0.765. The Labute approximate surface area is 146 Å². The Morgan fingerprint density at radius 2 is 1.83 bits per heavy atom. The van der Waals surface area contributed by atoms with Crippen molar-refractivity contribution in [3.05, 3.63) is 34.9 Å². The third-order valence-electron chi connectivity index (χ3n) is 4.58. The van der Waals surface area contributed by atoms with Gasteiger partial charge in [0.2, 0.25) is 5.91 Å². The van der Waals surface area contributed by atoms with Crippen molar-refractivity contribution in [2.45, 2.75) is 32.0 Å². The maximum Gasteiger partial charge on any atom is 0.223 e. The fourth-order valence-electron chi connectivity index (χ4n) is 3.27. The van der Waals surface area contributed by atoms with Gasteiger partial charge in [0.1, 0.15) is 0 Å². The fraction of sp³-hybridized carbons (Fsp3) is 0.556. The van der Waals surface area contributed by atoms with Crippen LogP contribution in [0.25, 0.3) is 0 Å². The van der Waals surface area contributed by atoms with Gasteiger partial charge in [0.05, 0.1) is 13.2 Å². The Balaban J connectivity index is 1.49. The number of halogens is 1. The summed E-state index contributed by atoms with van der Waals surface area (Å²) in [6, 6.07) is 6.77. The smallest absolute Gasteiger partial charge is 0.223 e. The van der Waals surface area contributed by atoms with Crippen LogP contribution in [0.5, 0.6) is 0 Å². The van der Waals surface area contributed by atoms with Crippen molar-refractivity contribution in [3.63, 3.8) is 0 Å². The Morgan fingerprint density at radius 1 is 1.12 bits per heavy atom. The molecule has 1 atom stereocenters. The predicted octanol–water partition coefficient (Wildman–Crippen LogP) is 2.91. The highest BCUT2D eigenvalue weighted by molar-refractivity contribution is 6.30. The molecule has 1 aromatic rings. The van der Waals surface area contributed by atoms with E-state index in [1.165, 1.54) is 0 Å². The van der Waals surface area contributed by atoms with Gasteiger partial charge in [0.25, 0.3) is 0 Å². The summed E-state index contributed by atoms with van der Waals surface area (Å²) < 4.78 is 11.1. The third kappa shape index (κ3) is 4.35. The normalized spacial score (nSPS) is 21.9. The Morgan fingerprint density at radius 3 is 2.54 bits per heavy atom. The van der Waals surface area contributed by atoms with Gasteiger partial charge in [0, 0.05) is 42.4 Å². The lowest BCUT2D eigenvalue weighted by molar-refractivity contribution is -0.139. The fourth-order valence-corrected chi connectivity index (χ4v) is 3.39. The van der Waals surface area contributed by atoms with Crippen LogP contribution in [0.1, 0.15) is 36.0 Å². The highest BCUT2D eigenvalue weighted by Gasteiger charge is 2.32. The lowest BCUT2D eigenvalue weighted by Gasteiger charge is -2.34. The molecular weight excluding hydrogens is 330 g/mol. The molecule has 0 aliphatic carbocycles. The van der Waals surface area contributed by atoms with Gasteiger partial charge in [-0.25, -0.2) is 0 Å². The second-order valence-corrected chi connectivity index (χ2v) is 6.72. The topological polar surface area (TPSA) is 55.8 Å². The van der Waals surface area contributed by atoms with Gasteiger partial charge in [0.15, 0.2) is 12.1 Å². The largest absolute Gasteiger partial charge is 0.350 e. The number of hydrogen-bond donors (Lipinski definition) is 0. The van der Waals surface area contributed by atoms with Crippen molar-refractivity contribution >= 4 is 23.3 Å². The number of nitrogens with zero attached hydrogens (tertiary/aromatic N) is 1. The van der Waals surface area contributed by atoms with E-state index in [2.05, 4.69) is 0 Å². The van der Waals surface area contributed by atoms with E-state index >= 15 is 0 Å². The first kappa shape index (κ1) is 17.4. The molecule has 1 unspecified atom stereocenters. The average molecular weight is 352 g/mol. The van der Waals surface area contributed by atoms with E-state index in [9.17, 15) is 9.59 Å². The summed E-state index contributed by atoms with van der Waals surface area (Å²) in [5.41, 5.74) is 0.594. The van der Waals surface area contributed by atoms with Gasteiger partial charge in [-0.2, -0.15) is 0 Å². The molecule has 2 heterocycles. The number of benzene rings is 1. The number of ketones is 1. The van der Waals surface area contributed by atoms with E-state index in [1.54, 1.807) is 24.3 Å². The number of ether oxygens (including phenoxy) is 2. The summed E-state index contributed by atoms with van der Waals surface area (Å²) in [7, 11) is 0. The molecule has 0 saturated carbocycles. The third-order valence-corrected chi connectivity index (χ3v) is 4.83. The van der Waals surface area contributed by atoms with Crippen LogP contribution in [-0.4, -0.2) is 49.2 Å². The molecular formula is C18H22ClNO4. The van der Waals surface area contributed by atoms with Crippen LogP contribution in [0.4, 0.5) is 0 Å². The second kappa shape index (κ2) is 8.10. The SMILES string of the molecule is O=C(CCC(=O)N1CCCC(C2OCCO2)C1)c1ccc(Cl)cc1. The van der Waals surface area contributed by atoms with Crippen molar-refractivity contribution in [2.75, 3.05) is 26.3 Å². The Bertz CT molecular complexity index is 583. The summed E-state index contributed by atoms with van der Waals surface area (Å²) in [5.74, 6) is 0.230. The van der Waals surface area contributed by atoms with Crippen molar-refractivity contribution in [1.82, 2.24) is 4.90 Å². The number of likely N-dealkylation sites (tertiary alicyclic amines) is 1. The minimum atomic E-state index is -0.184. The zero-order valence-corrected chi connectivity index (χ0v) is 14.3. The number of carbonyl (C=O) groups is 2. The first-order chi connectivity index (χ1) is 11.6. The van der Waals surface area contributed by atoms with Crippen molar-refractivity contribution < 1.29 is 19.1 Å². The first-order valence-electron chi connectivity index (χ1n) is 8.43. The Hall–Kier alpha value is -1.43. The second-order valence-electron chi connectivity index (χ2n) is 6.28. The van der Waals surface area contributed by atoms with Crippen LogP contribution in [0.2, 0.25) is 5.02 Å². The molecule has 0 bridgehead atoms.